The molecule has 4 heteroatoms. The molecular formula is C14H17N3O. The molecule has 1 aliphatic heterocycles. The number of benzene rings is 1. The van der Waals surface area contributed by atoms with Crippen molar-refractivity contribution in [1.29, 1.82) is 0 Å². The lowest BCUT2D eigenvalue weighted by atomic mass is 10.1. The fraction of sp³-hybridized carbons (Fsp3) is 0.357. The second-order valence-corrected chi connectivity index (χ2v) is 4.69. The summed E-state index contributed by atoms with van der Waals surface area (Å²) in [6.45, 7) is 4.51. The van der Waals surface area contributed by atoms with Crippen molar-refractivity contribution in [2.45, 2.75) is 26.1 Å². The Balaban J connectivity index is 1.93. The summed E-state index contributed by atoms with van der Waals surface area (Å²) in [6.07, 6.45) is 3.43. The summed E-state index contributed by atoms with van der Waals surface area (Å²) in [5.41, 5.74) is 2.10. The summed E-state index contributed by atoms with van der Waals surface area (Å²) >= 11 is 0. The Bertz CT molecular complexity index is 547. The number of aromatic nitrogens is 2. The van der Waals surface area contributed by atoms with Crippen molar-refractivity contribution in [2.24, 2.45) is 0 Å². The first kappa shape index (κ1) is 11.3. The summed E-state index contributed by atoms with van der Waals surface area (Å²) in [4.78, 5) is 6.65. The predicted octanol–water partition coefficient (Wildman–Crippen LogP) is 1.96. The zero-order valence-corrected chi connectivity index (χ0v) is 10.5. The molecule has 2 aromatic rings. The lowest BCUT2D eigenvalue weighted by Crippen LogP contribution is -2.34. The van der Waals surface area contributed by atoms with Gasteiger partial charge in [-0.1, -0.05) is 18.2 Å². The van der Waals surface area contributed by atoms with Gasteiger partial charge in [-0.15, -0.1) is 0 Å². The summed E-state index contributed by atoms with van der Waals surface area (Å²) in [7, 11) is 0. The van der Waals surface area contributed by atoms with E-state index in [2.05, 4.69) is 20.5 Å². The molecule has 2 heterocycles. The topological polar surface area (TPSA) is 41.3 Å². The third-order valence-electron chi connectivity index (χ3n) is 3.47. The van der Waals surface area contributed by atoms with Crippen LogP contribution in [0.2, 0.25) is 0 Å². The molecule has 1 aliphatic rings. The van der Waals surface area contributed by atoms with Gasteiger partial charge in [-0.2, -0.15) is 0 Å². The molecule has 0 radical (unpaired) electrons. The molecule has 1 aromatic heterocycles. The molecule has 1 atom stereocenters. The van der Waals surface area contributed by atoms with Crippen LogP contribution in [0.5, 0.6) is 0 Å². The summed E-state index contributed by atoms with van der Waals surface area (Å²) in [6, 6.07) is 8.04. The molecule has 0 fully saturated rings. The minimum Gasteiger partial charge on any atom is -0.389 e. The average molecular weight is 243 g/mol. The Hall–Kier alpha value is -1.81. The van der Waals surface area contributed by atoms with Crippen molar-refractivity contribution in [3.63, 3.8) is 0 Å². The van der Waals surface area contributed by atoms with E-state index in [0.29, 0.717) is 0 Å². The predicted molar refractivity (Wildman–Crippen MR) is 70.4 cm³/mol. The summed E-state index contributed by atoms with van der Waals surface area (Å²) in [5, 5.41) is 9.84. The van der Waals surface area contributed by atoms with Crippen molar-refractivity contribution >= 4 is 5.69 Å². The number of hydrogen-bond donors (Lipinski definition) is 1. The van der Waals surface area contributed by atoms with Gasteiger partial charge in [0.2, 0.25) is 0 Å². The van der Waals surface area contributed by atoms with Crippen LogP contribution in [-0.2, 0) is 13.1 Å². The molecule has 0 saturated heterocycles. The van der Waals surface area contributed by atoms with Gasteiger partial charge >= 0.3 is 0 Å². The van der Waals surface area contributed by atoms with Crippen LogP contribution in [0.25, 0.3) is 0 Å². The zero-order chi connectivity index (χ0) is 12.5. The number of anilines is 1. The molecule has 18 heavy (non-hydrogen) atoms. The number of hydrogen-bond acceptors (Lipinski definition) is 3. The number of aliphatic hydroxyl groups is 1. The van der Waals surface area contributed by atoms with Crippen LogP contribution < -0.4 is 4.90 Å². The Kier molecular flexibility index (Phi) is 2.80. The first-order valence-electron chi connectivity index (χ1n) is 6.27. The SMILES string of the molecule is CC(O)c1ccccc1N1CCn2ccnc2C1. The maximum Gasteiger partial charge on any atom is 0.128 e. The summed E-state index contributed by atoms with van der Waals surface area (Å²) < 4.78 is 2.18. The first-order valence-corrected chi connectivity index (χ1v) is 6.27. The first-order chi connectivity index (χ1) is 8.75. The van der Waals surface area contributed by atoms with E-state index < -0.39 is 6.10 Å². The standard InChI is InChI=1S/C14H17N3O/c1-11(18)12-4-2-3-5-13(12)17-9-8-16-7-6-15-14(16)10-17/h2-7,11,18H,8-10H2,1H3. The maximum atomic E-state index is 9.84. The van der Waals surface area contributed by atoms with E-state index in [0.717, 1.165) is 36.7 Å². The third-order valence-corrected chi connectivity index (χ3v) is 3.47. The van der Waals surface area contributed by atoms with Crippen LogP contribution in [0.4, 0.5) is 5.69 Å². The van der Waals surface area contributed by atoms with Gasteiger partial charge in [0.05, 0.1) is 12.6 Å². The summed E-state index contributed by atoms with van der Waals surface area (Å²) in [5.74, 6) is 1.08. The largest absolute Gasteiger partial charge is 0.389 e. The molecule has 1 unspecified atom stereocenters. The van der Waals surface area contributed by atoms with E-state index in [1.807, 2.05) is 37.5 Å². The molecule has 0 saturated carbocycles. The highest BCUT2D eigenvalue weighted by atomic mass is 16.3. The molecule has 0 amide bonds. The van der Waals surface area contributed by atoms with Crippen molar-refractivity contribution in [3.8, 4) is 0 Å². The van der Waals surface area contributed by atoms with Crippen molar-refractivity contribution in [2.75, 3.05) is 11.4 Å². The highest BCUT2D eigenvalue weighted by Crippen LogP contribution is 2.28. The van der Waals surface area contributed by atoms with Crippen LogP contribution in [0.15, 0.2) is 36.7 Å². The molecule has 1 N–H and O–H groups in total. The van der Waals surface area contributed by atoms with Gasteiger partial charge in [0.15, 0.2) is 0 Å². The smallest absolute Gasteiger partial charge is 0.128 e. The average Bonchev–Trinajstić information content (AvgIpc) is 2.85. The van der Waals surface area contributed by atoms with Crippen LogP contribution in [0.1, 0.15) is 24.4 Å². The number of rotatable bonds is 2. The minimum absolute atomic E-state index is 0.442. The Morgan fingerprint density at radius 3 is 2.94 bits per heavy atom. The lowest BCUT2D eigenvalue weighted by molar-refractivity contribution is 0.199. The number of fused-ring (bicyclic) bond motifs is 1. The zero-order valence-electron chi connectivity index (χ0n) is 10.5. The second-order valence-electron chi connectivity index (χ2n) is 4.69. The van der Waals surface area contributed by atoms with Gasteiger partial charge in [0.1, 0.15) is 5.82 Å². The highest BCUT2D eigenvalue weighted by molar-refractivity contribution is 5.54. The van der Waals surface area contributed by atoms with E-state index in [1.54, 1.807) is 0 Å². The quantitative estimate of drug-likeness (QED) is 0.876. The molecule has 4 nitrogen and oxygen atoms in total. The number of imidazole rings is 1. The van der Waals surface area contributed by atoms with Gasteiger partial charge < -0.3 is 14.6 Å². The van der Waals surface area contributed by atoms with Crippen LogP contribution in [0.3, 0.4) is 0 Å². The molecule has 94 valence electrons. The van der Waals surface area contributed by atoms with E-state index >= 15 is 0 Å². The van der Waals surface area contributed by atoms with E-state index in [9.17, 15) is 5.11 Å². The van der Waals surface area contributed by atoms with Crippen LogP contribution in [0, 0.1) is 0 Å². The number of para-hydroxylation sites is 1. The Labute approximate surface area is 107 Å². The molecular weight excluding hydrogens is 226 g/mol. The number of nitrogens with zero attached hydrogens (tertiary/aromatic N) is 3. The molecule has 0 spiro atoms. The van der Waals surface area contributed by atoms with Crippen molar-refractivity contribution in [1.82, 2.24) is 9.55 Å². The third kappa shape index (κ3) is 1.88. The normalized spacial score (nSPS) is 16.4. The van der Waals surface area contributed by atoms with Gasteiger partial charge in [-0.3, -0.25) is 0 Å². The minimum atomic E-state index is -0.442. The Morgan fingerprint density at radius 2 is 2.11 bits per heavy atom. The number of aliphatic hydroxyl groups excluding tert-OH is 1. The van der Waals surface area contributed by atoms with E-state index in [-0.39, 0.29) is 0 Å². The molecule has 0 bridgehead atoms. The molecule has 0 aliphatic carbocycles. The highest BCUT2D eigenvalue weighted by Gasteiger charge is 2.19. The molecule has 1 aromatic carbocycles. The van der Waals surface area contributed by atoms with Crippen molar-refractivity contribution < 1.29 is 5.11 Å². The lowest BCUT2D eigenvalue weighted by Gasteiger charge is -2.31. The van der Waals surface area contributed by atoms with Crippen molar-refractivity contribution in [3.05, 3.63) is 48.0 Å². The monoisotopic (exact) mass is 243 g/mol. The van der Waals surface area contributed by atoms with Crippen LogP contribution in [-0.4, -0.2) is 21.2 Å². The fourth-order valence-corrected chi connectivity index (χ4v) is 2.51. The van der Waals surface area contributed by atoms with Gasteiger partial charge in [-0.05, 0) is 13.0 Å². The Morgan fingerprint density at radius 1 is 1.28 bits per heavy atom. The van der Waals surface area contributed by atoms with Gasteiger partial charge in [0.25, 0.3) is 0 Å². The fourth-order valence-electron chi connectivity index (χ4n) is 2.51. The van der Waals surface area contributed by atoms with E-state index in [4.69, 9.17) is 0 Å². The van der Waals surface area contributed by atoms with E-state index in [1.165, 1.54) is 0 Å². The van der Waals surface area contributed by atoms with Gasteiger partial charge in [0, 0.05) is 36.7 Å². The molecule has 3 rings (SSSR count). The second kappa shape index (κ2) is 4.46. The van der Waals surface area contributed by atoms with Gasteiger partial charge in [-0.25, -0.2) is 4.98 Å². The maximum absolute atomic E-state index is 9.84. The van der Waals surface area contributed by atoms with Crippen LogP contribution >= 0.6 is 0 Å².